The summed E-state index contributed by atoms with van der Waals surface area (Å²) in [4.78, 5) is 13.0. The Morgan fingerprint density at radius 2 is 1.86 bits per heavy atom. The zero-order chi connectivity index (χ0) is 15.9. The molecule has 6 nitrogen and oxygen atoms in total. The summed E-state index contributed by atoms with van der Waals surface area (Å²) in [6.07, 6.45) is -3.58. The van der Waals surface area contributed by atoms with Crippen LogP contribution in [-0.2, 0) is 0 Å². The van der Waals surface area contributed by atoms with E-state index in [0.717, 1.165) is 11.3 Å². The van der Waals surface area contributed by atoms with Gasteiger partial charge in [0.15, 0.2) is 0 Å². The lowest BCUT2D eigenvalue weighted by Gasteiger charge is -2.22. The second-order valence-electron chi connectivity index (χ2n) is 4.25. The van der Waals surface area contributed by atoms with Gasteiger partial charge in [0.1, 0.15) is 6.54 Å². The number of ether oxygens (including phenoxy) is 1. The van der Waals surface area contributed by atoms with Crippen LogP contribution < -0.4 is 15.0 Å². The largest absolute Gasteiger partial charge is 0.463 e. The van der Waals surface area contributed by atoms with Crippen LogP contribution in [-0.4, -0.2) is 47.4 Å². The van der Waals surface area contributed by atoms with Gasteiger partial charge in [-0.05, 0) is 20.3 Å². The van der Waals surface area contributed by atoms with Gasteiger partial charge in [-0.15, -0.1) is 0 Å². The number of halogens is 3. The lowest BCUT2D eigenvalue weighted by molar-refractivity contribution is -0.119. The van der Waals surface area contributed by atoms with Gasteiger partial charge in [0.05, 0.1) is 6.61 Å². The number of hydrogen-bond acceptors (Lipinski definition) is 6. The summed E-state index contributed by atoms with van der Waals surface area (Å²) >= 11 is 0. The van der Waals surface area contributed by atoms with E-state index in [0.29, 0.717) is 13.2 Å². The van der Waals surface area contributed by atoms with Crippen molar-refractivity contribution in [1.82, 2.24) is 15.0 Å². The summed E-state index contributed by atoms with van der Waals surface area (Å²) in [5.41, 5.74) is 0. The summed E-state index contributed by atoms with van der Waals surface area (Å²) in [5.74, 6) is 0.154. The number of alkyl halides is 3. The van der Waals surface area contributed by atoms with Gasteiger partial charge in [0.2, 0.25) is 11.9 Å². The lowest BCUT2D eigenvalue weighted by atomic mass is 10.5. The number of aromatic nitrogens is 3. The molecule has 0 unspecified atom stereocenters. The van der Waals surface area contributed by atoms with Crippen molar-refractivity contribution < 1.29 is 17.9 Å². The third-order valence-corrected chi connectivity index (χ3v) is 2.41. The minimum absolute atomic E-state index is 0.0263. The molecule has 0 fully saturated rings. The third kappa shape index (κ3) is 6.01. The first-order valence-corrected chi connectivity index (χ1v) is 6.84. The molecule has 1 rings (SSSR count). The van der Waals surface area contributed by atoms with Gasteiger partial charge in [-0.3, -0.25) is 0 Å². The van der Waals surface area contributed by atoms with Gasteiger partial charge in [0, 0.05) is 13.1 Å². The van der Waals surface area contributed by atoms with Crippen molar-refractivity contribution >= 4 is 11.9 Å². The highest BCUT2D eigenvalue weighted by molar-refractivity contribution is 5.38. The molecule has 21 heavy (non-hydrogen) atoms. The van der Waals surface area contributed by atoms with Crippen LogP contribution in [0.3, 0.4) is 0 Å². The zero-order valence-electron chi connectivity index (χ0n) is 12.4. The Morgan fingerprint density at radius 3 is 2.38 bits per heavy atom. The molecular formula is C12H20F3N5O. The van der Waals surface area contributed by atoms with Gasteiger partial charge in [-0.1, -0.05) is 6.92 Å². The minimum atomic E-state index is -4.33. The summed E-state index contributed by atoms with van der Waals surface area (Å²) < 4.78 is 43.0. The first-order chi connectivity index (χ1) is 9.89. The fourth-order valence-electron chi connectivity index (χ4n) is 1.52. The Morgan fingerprint density at radius 1 is 1.14 bits per heavy atom. The topological polar surface area (TPSA) is 63.2 Å². The van der Waals surface area contributed by atoms with Crippen molar-refractivity contribution in [3.63, 3.8) is 0 Å². The highest BCUT2D eigenvalue weighted by Crippen LogP contribution is 2.21. The molecule has 9 heteroatoms. The number of nitrogens with zero attached hydrogens (tertiary/aromatic N) is 4. The molecule has 0 saturated carbocycles. The summed E-state index contributed by atoms with van der Waals surface area (Å²) in [6, 6.07) is 0.0263. The van der Waals surface area contributed by atoms with Crippen LogP contribution in [0.1, 0.15) is 27.2 Å². The van der Waals surface area contributed by atoms with Gasteiger partial charge in [0.25, 0.3) is 0 Å². The third-order valence-electron chi connectivity index (χ3n) is 2.41. The fraction of sp³-hybridized carbons (Fsp3) is 0.750. The van der Waals surface area contributed by atoms with Gasteiger partial charge < -0.3 is 15.0 Å². The van der Waals surface area contributed by atoms with Gasteiger partial charge in [-0.25, -0.2) is 0 Å². The molecule has 1 heterocycles. The Hall–Kier alpha value is -1.80. The van der Waals surface area contributed by atoms with Crippen LogP contribution in [0.5, 0.6) is 6.01 Å². The normalized spacial score (nSPS) is 11.3. The van der Waals surface area contributed by atoms with Crippen molar-refractivity contribution in [3.8, 4) is 6.01 Å². The molecule has 120 valence electrons. The van der Waals surface area contributed by atoms with E-state index in [1.54, 1.807) is 6.92 Å². The van der Waals surface area contributed by atoms with E-state index in [2.05, 4.69) is 20.3 Å². The van der Waals surface area contributed by atoms with Crippen molar-refractivity contribution in [1.29, 1.82) is 0 Å². The van der Waals surface area contributed by atoms with E-state index in [9.17, 15) is 13.2 Å². The maximum atomic E-state index is 12.6. The molecule has 0 atom stereocenters. The molecule has 0 aliphatic rings. The maximum absolute atomic E-state index is 12.6. The van der Waals surface area contributed by atoms with Crippen LogP contribution >= 0.6 is 0 Å². The highest BCUT2D eigenvalue weighted by Gasteiger charge is 2.31. The molecule has 0 radical (unpaired) electrons. The molecule has 0 spiro atoms. The summed E-state index contributed by atoms with van der Waals surface area (Å²) in [5, 5.41) is 2.86. The number of rotatable bonds is 8. The first-order valence-electron chi connectivity index (χ1n) is 6.84. The molecule has 1 aromatic heterocycles. The smallest absolute Gasteiger partial charge is 0.406 e. The van der Waals surface area contributed by atoms with Crippen LogP contribution in [0.25, 0.3) is 0 Å². The lowest BCUT2D eigenvalue weighted by Crippen LogP contribution is -2.35. The van der Waals surface area contributed by atoms with Crippen molar-refractivity contribution in [2.24, 2.45) is 0 Å². The molecule has 0 bridgehead atoms. The van der Waals surface area contributed by atoms with E-state index >= 15 is 0 Å². The Labute approximate surface area is 121 Å². The second-order valence-corrected chi connectivity index (χ2v) is 4.25. The predicted octanol–water partition coefficient (Wildman–Crippen LogP) is 2.48. The molecule has 0 aromatic carbocycles. The maximum Gasteiger partial charge on any atom is 0.406 e. The average molecular weight is 307 g/mol. The average Bonchev–Trinajstić information content (AvgIpc) is 2.41. The van der Waals surface area contributed by atoms with Gasteiger partial charge >= 0.3 is 12.2 Å². The molecular weight excluding hydrogens is 287 g/mol. The Bertz CT molecular complexity index is 441. The SMILES string of the molecule is CCCOc1nc(NCC)nc(N(CC)CC(F)(F)F)n1. The van der Waals surface area contributed by atoms with Crippen molar-refractivity contribution in [2.45, 2.75) is 33.4 Å². The molecule has 0 aliphatic carbocycles. The van der Waals surface area contributed by atoms with Crippen molar-refractivity contribution in [2.75, 3.05) is 36.5 Å². The number of hydrogen-bond donors (Lipinski definition) is 1. The second kappa shape index (κ2) is 7.84. The molecule has 0 aliphatic heterocycles. The summed E-state index contributed by atoms with van der Waals surface area (Å²) in [7, 11) is 0. The highest BCUT2D eigenvalue weighted by atomic mass is 19.4. The van der Waals surface area contributed by atoms with E-state index in [1.165, 1.54) is 0 Å². The number of nitrogens with one attached hydrogen (secondary N) is 1. The van der Waals surface area contributed by atoms with E-state index < -0.39 is 12.7 Å². The predicted molar refractivity (Wildman–Crippen MR) is 73.7 cm³/mol. The molecule has 1 N–H and O–H groups in total. The Balaban J connectivity index is 3.03. The van der Waals surface area contributed by atoms with Crippen LogP contribution in [0.2, 0.25) is 0 Å². The van der Waals surface area contributed by atoms with E-state index in [1.807, 2.05) is 13.8 Å². The van der Waals surface area contributed by atoms with Gasteiger partial charge in [-0.2, -0.15) is 28.1 Å². The van der Waals surface area contributed by atoms with Crippen LogP contribution in [0.15, 0.2) is 0 Å². The fourth-order valence-corrected chi connectivity index (χ4v) is 1.52. The quantitative estimate of drug-likeness (QED) is 0.796. The molecule has 0 saturated heterocycles. The molecule has 1 aromatic rings. The number of anilines is 2. The van der Waals surface area contributed by atoms with Crippen LogP contribution in [0.4, 0.5) is 25.1 Å². The van der Waals surface area contributed by atoms with Crippen molar-refractivity contribution in [3.05, 3.63) is 0 Å². The monoisotopic (exact) mass is 307 g/mol. The Kier molecular flexibility index (Phi) is 6.44. The summed E-state index contributed by atoms with van der Waals surface area (Å²) in [6.45, 7) is 5.30. The molecule has 0 amide bonds. The minimum Gasteiger partial charge on any atom is -0.463 e. The van der Waals surface area contributed by atoms with E-state index in [-0.39, 0.29) is 24.5 Å². The standard InChI is InChI=1S/C12H20F3N5O/c1-4-7-21-11-18-9(16-5-2)17-10(19-11)20(6-3)8-12(13,14)15/h4-8H2,1-3H3,(H,16,17,18,19). The van der Waals surface area contributed by atoms with E-state index in [4.69, 9.17) is 4.74 Å². The zero-order valence-corrected chi connectivity index (χ0v) is 12.4. The van der Waals surface area contributed by atoms with Crippen LogP contribution in [0, 0.1) is 0 Å². The first kappa shape index (κ1) is 17.3.